The molecule has 0 aromatic rings. The fourth-order valence-electron chi connectivity index (χ4n) is 3.46. The minimum absolute atomic E-state index is 0.0381. The van der Waals surface area contributed by atoms with Crippen molar-refractivity contribution in [2.24, 2.45) is 22.2 Å². The molecule has 7 N–H and O–H groups in total. The Labute approximate surface area is 176 Å². The molecular weight excluding hydrogens is 368 g/mol. The van der Waals surface area contributed by atoms with E-state index in [9.17, 15) is 14.7 Å². The second kappa shape index (κ2) is 17.2. The van der Waals surface area contributed by atoms with Crippen molar-refractivity contribution in [1.82, 2.24) is 0 Å². The number of nitrogens with zero attached hydrogens (tertiary/aromatic N) is 1. The third-order valence-corrected chi connectivity index (χ3v) is 5.41. The second-order valence-corrected chi connectivity index (χ2v) is 8.10. The highest BCUT2D eigenvalue weighted by Crippen LogP contribution is 2.18. The summed E-state index contributed by atoms with van der Waals surface area (Å²) in [5, 5.41) is 9.38. The standard InChI is InChI=1S/C22H44N4O3/c1-2-3-4-5-6-7-8-9-10-11-12-13-14-16-19(27)22(25,20(28)29)17-15-18-26-21(23)24/h2-18,25H2,1H3,(H,28,29)(H4,23,24,26). The summed E-state index contributed by atoms with van der Waals surface area (Å²) in [7, 11) is 0. The Balaban J connectivity index is 3.81. The number of carbonyl (C=O) groups is 2. The van der Waals surface area contributed by atoms with Crippen molar-refractivity contribution in [3.05, 3.63) is 0 Å². The molecule has 0 radical (unpaired) electrons. The zero-order valence-corrected chi connectivity index (χ0v) is 18.5. The van der Waals surface area contributed by atoms with Gasteiger partial charge in [0.2, 0.25) is 0 Å². The van der Waals surface area contributed by atoms with Crippen LogP contribution in [0.4, 0.5) is 0 Å². The molecule has 29 heavy (non-hydrogen) atoms. The van der Waals surface area contributed by atoms with E-state index in [2.05, 4.69) is 11.9 Å². The van der Waals surface area contributed by atoms with Crippen LogP contribution in [0.3, 0.4) is 0 Å². The lowest BCUT2D eigenvalue weighted by Crippen LogP contribution is -2.55. The zero-order valence-electron chi connectivity index (χ0n) is 18.5. The highest BCUT2D eigenvalue weighted by atomic mass is 16.4. The first-order valence-corrected chi connectivity index (χ1v) is 11.5. The minimum Gasteiger partial charge on any atom is -0.480 e. The summed E-state index contributed by atoms with van der Waals surface area (Å²) in [5.74, 6) is -1.74. The van der Waals surface area contributed by atoms with E-state index in [1.165, 1.54) is 64.2 Å². The number of aliphatic imine (C=N–C) groups is 1. The van der Waals surface area contributed by atoms with Gasteiger partial charge in [0.1, 0.15) is 0 Å². The van der Waals surface area contributed by atoms with E-state index in [0.717, 1.165) is 12.8 Å². The molecule has 170 valence electrons. The second-order valence-electron chi connectivity index (χ2n) is 8.10. The van der Waals surface area contributed by atoms with Crippen LogP contribution in [0.15, 0.2) is 4.99 Å². The van der Waals surface area contributed by atoms with Gasteiger partial charge in [0, 0.05) is 13.0 Å². The van der Waals surface area contributed by atoms with Gasteiger partial charge in [0.25, 0.3) is 0 Å². The molecule has 0 amide bonds. The number of carboxylic acids is 1. The van der Waals surface area contributed by atoms with Crippen LogP contribution < -0.4 is 17.2 Å². The highest BCUT2D eigenvalue weighted by Gasteiger charge is 2.40. The maximum atomic E-state index is 12.3. The summed E-state index contributed by atoms with van der Waals surface area (Å²) in [6.45, 7) is 2.51. The first-order chi connectivity index (χ1) is 13.8. The average Bonchev–Trinajstić information content (AvgIpc) is 2.68. The van der Waals surface area contributed by atoms with E-state index in [-0.39, 0.29) is 25.3 Å². The number of rotatable bonds is 20. The molecule has 0 fully saturated rings. The van der Waals surface area contributed by atoms with Gasteiger partial charge in [-0.05, 0) is 19.3 Å². The van der Waals surface area contributed by atoms with Crippen molar-refractivity contribution in [3.8, 4) is 0 Å². The van der Waals surface area contributed by atoms with Crippen molar-refractivity contribution in [2.45, 2.75) is 115 Å². The third-order valence-electron chi connectivity index (χ3n) is 5.41. The van der Waals surface area contributed by atoms with Gasteiger partial charge in [0.15, 0.2) is 17.3 Å². The summed E-state index contributed by atoms with van der Waals surface area (Å²) in [5.41, 5.74) is 14.5. The summed E-state index contributed by atoms with van der Waals surface area (Å²) in [4.78, 5) is 27.6. The largest absolute Gasteiger partial charge is 0.480 e. The normalized spacial score (nSPS) is 13.0. The maximum Gasteiger partial charge on any atom is 0.331 e. The maximum absolute atomic E-state index is 12.3. The number of unbranched alkanes of at least 4 members (excludes halogenated alkanes) is 12. The van der Waals surface area contributed by atoms with Gasteiger partial charge in [0.05, 0.1) is 0 Å². The number of ketones is 1. The van der Waals surface area contributed by atoms with Gasteiger partial charge in [-0.25, -0.2) is 4.79 Å². The fourth-order valence-corrected chi connectivity index (χ4v) is 3.46. The van der Waals surface area contributed by atoms with Gasteiger partial charge in [-0.3, -0.25) is 9.79 Å². The molecular formula is C22H44N4O3. The molecule has 0 aliphatic carbocycles. The van der Waals surface area contributed by atoms with Crippen molar-refractivity contribution in [3.63, 3.8) is 0 Å². The van der Waals surface area contributed by atoms with Crippen molar-refractivity contribution in [2.75, 3.05) is 6.54 Å². The number of carbonyl (C=O) groups excluding carboxylic acids is 1. The van der Waals surface area contributed by atoms with Crippen LogP contribution in [0.2, 0.25) is 0 Å². The monoisotopic (exact) mass is 412 g/mol. The first kappa shape index (κ1) is 27.4. The Morgan fingerprint density at radius 2 is 1.24 bits per heavy atom. The molecule has 7 nitrogen and oxygen atoms in total. The molecule has 0 saturated heterocycles. The summed E-state index contributed by atoms with van der Waals surface area (Å²) >= 11 is 0. The predicted molar refractivity (Wildman–Crippen MR) is 120 cm³/mol. The molecule has 0 aliphatic heterocycles. The quantitative estimate of drug-likeness (QED) is 0.103. The van der Waals surface area contributed by atoms with E-state index in [1.54, 1.807) is 0 Å². The number of aliphatic carboxylic acids is 1. The lowest BCUT2D eigenvalue weighted by atomic mass is 9.87. The molecule has 0 aromatic carbocycles. The Bertz CT molecular complexity index is 479. The molecule has 0 saturated carbocycles. The predicted octanol–water partition coefficient (Wildman–Crippen LogP) is 3.87. The lowest BCUT2D eigenvalue weighted by Gasteiger charge is -2.23. The Hall–Kier alpha value is -1.63. The molecule has 0 rings (SSSR count). The number of carboxylic acid groups (broad SMARTS) is 1. The van der Waals surface area contributed by atoms with Crippen LogP contribution in [0.25, 0.3) is 0 Å². The van der Waals surface area contributed by atoms with Crippen molar-refractivity contribution >= 4 is 17.7 Å². The van der Waals surface area contributed by atoms with Gasteiger partial charge in [-0.15, -0.1) is 0 Å². The lowest BCUT2D eigenvalue weighted by molar-refractivity contribution is -0.148. The van der Waals surface area contributed by atoms with E-state index >= 15 is 0 Å². The van der Waals surface area contributed by atoms with Crippen LogP contribution in [0.1, 0.15) is 110 Å². The number of Topliss-reactive ketones (excluding diaryl/α,β-unsaturated/α-hetero) is 1. The number of hydrogen-bond acceptors (Lipinski definition) is 4. The Morgan fingerprint density at radius 1 is 0.793 bits per heavy atom. The molecule has 1 unspecified atom stereocenters. The topological polar surface area (TPSA) is 145 Å². The van der Waals surface area contributed by atoms with Gasteiger partial charge in [-0.1, -0.05) is 84.0 Å². The Morgan fingerprint density at radius 3 is 1.66 bits per heavy atom. The van der Waals surface area contributed by atoms with Crippen LogP contribution in [-0.4, -0.2) is 34.9 Å². The summed E-state index contributed by atoms with van der Waals surface area (Å²) in [6, 6.07) is 0. The van der Waals surface area contributed by atoms with Crippen LogP contribution >= 0.6 is 0 Å². The van der Waals surface area contributed by atoms with Gasteiger partial charge < -0.3 is 22.3 Å². The van der Waals surface area contributed by atoms with Crippen LogP contribution in [0.5, 0.6) is 0 Å². The number of nitrogens with two attached hydrogens (primary N) is 3. The fraction of sp³-hybridized carbons (Fsp3) is 0.864. The third kappa shape index (κ3) is 14.1. The number of hydrogen-bond donors (Lipinski definition) is 4. The van der Waals surface area contributed by atoms with E-state index in [0.29, 0.717) is 12.8 Å². The zero-order chi connectivity index (χ0) is 22.0. The van der Waals surface area contributed by atoms with E-state index in [4.69, 9.17) is 17.2 Å². The Kier molecular flexibility index (Phi) is 16.3. The molecule has 1 atom stereocenters. The molecule has 0 aromatic heterocycles. The molecule has 0 spiro atoms. The van der Waals surface area contributed by atoms with Crippen molar-refractivity contribution < 1.29 is 14.7 Å². The van der Waals surface area contributed by atoms with Gasteiger partial charge >= 0.3 is 5.97 Å². The average molecular weight is 413 g/mol. The molecule has 0 heterocycles. The van der Waals surface area contributed by atoms with E-state index < -0.39 is 17.3 Å². The smallest absolute Gasteiger partial charge is 0.331 e. The molecule has 0 bridgehead atoms. The van der Waals surface area contributed by atoms with Crippen LogP contribution in [0, 0.1) is 0 Å². The number of guanidine groups is 1. The van der Waals surface area contributed by atoms with Crippen molar-refractivity contribution in [1.29, 1.82) is 0 Å². The molecule has 7 heteroatoms. The SMILES string of the molecule is CCCCCCCCCCCCCCCC(=O)C(N)(CCCN=C(N)N)C(=O)O. The minimum atomic E-state index is -1.84. The first-order valence-electron chi connectivity index (χ1n) is 11.5. The van der Waals surface area contributed by atoms with E-state index in [1.807, 2.05) is 0 Å². The highest BCUT2D eigenvalue weighted by molar-refractivity contribution is 6.07. The summed E-state index contributed by atoms with van der Waals surface area (Å²) in [6.07, 6.45) is 16.4. The van der Waals surface area contributed by atoms with Gasteiger partial charge in [-0.2, -0.15) is 0 Å². The molecule has 0 aliphatic rings. The summed E-state index contributed by atoms with van der Waals surface area (Å²) < 4.78 is 0. The van der Waals surface area contributed by atoms with Crippen LogP contribution in [-0.2, 0) is 9.59 Å².